The first kappa shape index (κ1) is 17.1. The van der Waals surface area contributed by atoms with Crippen molar-refractivity contribution in [3.8, 4) is 0 Å². The highest BCUT2D eigenvalue weighted by atomic mass is 19.1. The Labute approximate surface area is 135 Å². The van der Waals surface area contributed by atoms with Gasteiger partial charge in [0.25, 0.3) is 0 Å². The fourth-order valence-corrected chi connectivity index (χ4v) is 2.44. The fourth-order valence-electron chi connectivity index (χ4n) is 2.44. The number of carbonyl (C=O) groups is 1. The van der Waals surface area contributed by atoms with Gasteiger partial charge in [-0.3, -0.25) is 9.78 Å². The summed E-state index contributed by atoms with van der Waals surface area (Å²) in [6, 6.07) is 4.48. The summed E-state index contributed by atoms with van der Waals surface area (Å²) in [5.41, 5.74) is 2.93. The summed E-state index contributed by atoms with van der Waals surface area (Å²) in [7, 11) is 5.31. The fraction of sp³-hybridized carbons (Fsp3) is 0.412. The third-order valence-corrected chi connectivity index (χ3v) is 3.66. The number of methoxy groups -OCH3 is 1. The van der Waals surface area contributed by atoms with Crippen LogP contribution in [0.1, 0.15) is 11.3 Å². The number of aryl methyl sites for hydroxylation is 1. The second-order valence-electron chi connectivity index (χ2n) is 5.70. The molecular formula is C17H22FN3O2. The van der Waals surface area contributed by atoms with Crippen molar-refractivity contribution in [2.45, 2.75) is 13.3 Å². The number of anilines is 1. The molecule has 1 aromatic heterocycles. The van der Waals surface area contributed by atoms with Gasteiger partial charge in [-0.15, -0.1) is 0 Å². The van der Waals surface area contributed by atoms with Crippen LogP contribution < -0.4 is 5.32 Å². The van der Waals surface area contributed by atoms with E-state index in [9.17, 15) is 9.18 Å². The molecule has 0 aliphatic carbocycles. The number of carbonyl (C=O) groups excluding carboxylic acids is 1. The SMILES string of the molecule is COC(=O)Cc1c(C)nc2ccc(F)cc2c1NCCN(C)C. The summed E-state index contributed by atoms with van der Waals surface area (Å²) in [4.78, 5) is 18.2. The van der Waals surface area contributed by atoms with Crippen LogP contribution in [0.25, 0.3) is 10.9 Å². The molecule has 0 aliphatic heterocycles. The van der Waals surface area contributed by atoms with E-state index in [4.69, 9.17) is 4.74 Å². The Balaban J connectivity index is 2.51. The van der Waals surface area contributed by atoms with Crippen molar-refractivity contribution >= 4 is 22.6 Å². The van der Waals surface area contributed by atoms with E-state index < -0.39 is 0 Å². The molecule has 1 aromatic carbocycles. The highest BCUT2D eigenvalue weighted by molar-refractivity contribution is 5.95. The topological polar surface area (TPSA) is 54.5 Å². The minimum atomic E-state index is -0.346. The van der Waals surface area contributed by atoms with Gasteiger partial charge >= 0.3 is 5.97 Å². The van der Waals surface area contributed by atoms with Crippen molar-refractivity contribution in [1.29, 1.82) is 0 Å². The number of aromatic nitrogens is 1. The molecule has 1 N–H and O–H groups in total. The highest BCUT2D eigenvalue weighted by Gasteiger charge is 2.16. The molecule has 0 unspecified atom stereocenters. The summed E-state index contributed by atoms with van der Waals surface area (Å²) < 4.78 is 18.4. The zero-order valence-electron chi connectivity index (χ0n) is 13.9. The number of hydrogen-bond acceptors (Lipinski definition) is 5. The minimum absolute atomic E-state index is 0.103. The van der Waals surface area contributed by atoms with Crippen LogP contribution in [0, 0.1) is 12.7 Å². The van der Waals surface area contributed by atoms with Crippen LogP contribution in [0.2, 0.25) is 0 Å². The first-order valence-electron chi connectivity index (χ1n) is 7.46. The van der Waals surface area contributed by atoms with E-state index in [1.807, 2.05) is 25.9 Å². The Hall–Kier alpha value is -2.21. The summed E-state index contributed by atoms with van der Waals surface area (Å²) in [6.45, 7) is 3.34. The van der Waals surface area contributed by atoms with Gasteiger partial charge in [-0.1, -0.05) is 0 Å². The molecule has 0 saturated heterocycles. The Morgan fingerprint density at radius 2 is 2.13 bits per heavy atom. The maximum atomic E-state index is 13.7. The molecule has 23 heavy (non-hydrogen) atoms. The summed E-state index contributed by atoms with van der Waals surface area (Å²) >= 11 is 0. The van der Waals surface area contributed by atoms with Crippen LogP contribution in [0.3, 0.4) is 0 Å². The van der Waals surface area contributed by atoms with Crippen LogP contribution in [-0.4, -0.2) is 50.1 Å². The molecule has 0 spiro atoms. The summed E-state index contributed by atoms with van der Waals surface area (Å²) in [5, 5.41) is 4.00. The van der Waals surface area contributed by atoms with E-state index in [2.05, 4.69) is 10.3 Å². The number of esters is 1. The van der Waals surface area contributed by atoms with Gasteiger partial charge in [-0.2, -0.15) is 0 Å². The van der Waals surface area contributed by atoms with E-state index in [0.717, 1.165) is 23.5 Å². The predicted molar refractivity (Wildman–Crippen MR) is 89.2 cm³/mol. The van der Waals surface area contributed by atoms with Crippen molar-refractivity contribution in [2.75, 3.05) is 39.6 Å². The standard InChI is InChI=1S/C17H22FN3O2/c1-11-13(10-16(22)23-4)17(19-7-8-21(2)3)14-9-12(18)5-6-15(14)20-11/h5-6,9H,7-8,10H2,1-4H3,(H,19,20). The van der Waals surface area contributed by atoms with Crippen molar-refractivity contribution in [3.05, 3.63) is 35.3 Å². The van der Waals surface area contributed by atoms with Crippen molar-refractivity contribution in [3.63, 3.8) is 0 Å². The number of nitrogens with zero attached hydrogens (tertiary/aromatic N) is 2. The van der Waals surface area contributed by atoms with Gasteiger partial charge in [0.05, 0.1) is 19.0 Å². The van der Waals surface area contributed by atoms with E-state index in [1.165, 1.54) is 19.2 Å². The van der Waals surface area contributed by atoms with Crippen LogP contribution in [0.4, 0.5) is 10.1 Å². The molecule has 1 heterocycles. The lowest BCUT2D eigenvalue weighted by Gasteiger charge is -2.18. The first-order valence-corrected chi connectivity index (χ1v) is 7.46. The number of halogens is 1. The number of pyridine rings is 1. The number of fused-ring (bicyclic) bond motifs is 1. The largest absolute Gasteiger partial charge is 0.469 e. The molecule has 0 bridgehead atoms. The zero-order valence-corrected chi connectivity index (χ0v) is 13.9. The second kappa shape index (κ2) is 7.37. The average molecular weight is 319 g/mol. The van der Waals surface area contributed by atoms with Crippen LogP contribution >= 0.6 is 0 Å². The number of likely N-dealkylation sites (N-methyl/N-ethyl adjacent to an activating group) is 1. The molecular weight excluding hydrogens is 297 g/mol. The molecule has 0 aliphatic rings. The molecule has 2 aromatic rings. The van der Waals surface area contributed by atoms with Gasteiger partial charge in [0, 0.05) is 35.4 Å². The lowest BCUT2D eigenvalue weighted by Crippen LogP contribution is -2.22. The van der Waals surface area contributed by atoms with E-state index >= 15 is 0 Å². The van der Waals surface area contributed by atoms with Gasteiger partial charge < -0.3 is 15.0 Å². The zero-order chi connectivity index (χ0) is 17.0. The van der Waals surface area contributed by atoms with E-state index in [-0.39, 0.29) is 18.2 Å². The van der Waals surface area contributed by atoms with Crippen LogP contribution in [0.15, 0.2) is 18.2 Å². The van der Waals surface area contributed by atoms with Crippen LogP contribution in [-0.2, 0) is 16.0 Å². The number of hydrogen-bond donors (Lipinski definition) is 1. The Kier molecular flexibility index (Phi) is 5.50. The third-order valence-electron chi connectivity index (χ3n) is 3.66. The lowest BCUT2D eigenvalue weighted by molar-refractivity contribution is -0.139. The lowest BCUT2D eigenvalue weighted by atomic mass is 10.0. The van der Waals surface area contributed by atoms with Crippen LogP contribution in [0.5, 0.6) is 0 Å². The van der Waals surface area contributed by atoms with Gasteiger partial charge in [0.1, 0.15) is 5.82 Å². The third kappa shape index (κ3) is 4.16. The molecule has 6 heteroatoms. The highest BCUT2D eigenvalue weighted by Crippen LogP contribution is 2.29. The number of benzene rings is 1. The predicted octanol–water partition coefficient (Wildman–Crippen LogP) is 2.37. The number of ether oxygens (including phenoxy) is 1. The molecule has 124 valence electrons. The molecule has 0 fully saturated rings. The molecule has 0 amide bonds. The summed E-state index contributed by atoms with van der Waals surface area (Å²) in [5.74, 6) is -0.677. The Morgan fingerprint density at radius 1 is 1.39 bits per heavy atom. The molecule has 0 atom stereocenters. The van der Waals surface area contributed by atoms with Crippen molar-refractivity contribution in [2.24, 2.45) is 0 Å². The molecule has 0 saturated carbocycles. The molecule has 5 nitrogen and oxygen atoms in total. The average Bonchev–Trinajstić information content (AvgIpc) is 2.50. The monoisotopic (exact) mass is 319 g/mol. The summed E-state index contributed by atoms with van der Waals surface area (Å²) in [6.07, 6.45) is 0.103. The van der Waals surface area contributed by atoms with Gasteiger partial charge in [-0.05, 0) is 39.2 Å². The second-order valence-corrected chi connectivity index (χ2v) is 5.70. The number of nitrogens with one attached hydrogen (secondary N) is 1. The maximum absolute atomic E-state index is 13.7. The van der Waals surface area contributed by atoms with Crippen molar-refractivity contribution < 1.29 is 13.9 Å². The normalized spacial score (nSPS) is 11.0. The Morgan fingerprint density at radius 3 is 2.78 bits per heavy atom. The maximum Gasteiger partial charge on any atom is 0.310 e. The first-order chi connectivity index (χ1) is 10.9. The van der Waals surface area contributed by atoms with Crippen molar-refractivity contribution in [1.82, 2.24) is 9.88 Å². The van der Waals surface area contributed by atoms with Gasteiger partial charge in [0.2, 0.25) is 0 Å². The smallest absolute Gasteiger partial charge is 0.310 e. The van der Waals surface area contributed by atoms with Gasteiger partial charge in [0.15, 0.2) is 0 Å². The van der Waals surface area contributed by atoms with E-state index in [0.29, 0.717) is 17.4 Å². The Bertz CT molecular complexity index is 717. The van der Waals surface area contributed by atoms with Gasteiger partial charge in [-0.25, -0.2) is 4.39 Å². The quantitative estimate of drug-likeness (QED) is 0.829. The molecule has 2 rings (SSSR count). The molecule has 0 radical (unpaired) electrons. The number of rotatable bonds is 6. The minimum Gasteiger partial charge on any atom is -0.469 e. The van der Waals surface area contributed by atoms with E-state index in [1.54, 1.807) is 6.07 Å².